The predicted molar refractivity (Wildman–Crippen MR) is 78.5 cm³/mol. The van der Waals surface area contributed by atoms with Crippen molar-refractivity contribution in [1.29, 1.82) is 5.26 Å². The zero-order valence-corrected chi connectivity index (χ0v) is 11.3. The Morgan fingerprint density at radius 2 is 1.90 bits per heavy atom. The molecule has 2 aromatic carbocycles. The van der Waals surface area contributed by atoms with Gasteiger partial charge in [-0.1, -0.05) is 6.07 Å². The highest BCUT2D eigenvalue weighted by Gasteiger charge is 2.09. The molecule has 0 aliphatic rings. The van der Waals surface area contributed by atoms with Gasteiger partial charge in [-0.2, -0.15) is 5.26 Å². The number of nitrogens with zero attached hydrogens (tertiary/aromatic N) is 1. The minimum Gasteiger partial charge on any atom is -0.504 e. The number of benzene rings is 2. The van der Waals surface area contributed by atoms with Crippen molar-refractivity contribution >= 4 is 17.4 Å². The molecular weight excluding hydrogens is 270 g/mol. The van der Waals surface area contributed by atoms with Crippen LogP contribution in [0.25, 0.3) is 0 Å². The number of phenols is 1. The van der Waals surface area contributed by atoms with E-state index < -0.39 is 6.03 Å². The Labute approximate surface area is 121 Å². The van der Waals surface area contributed by atoms with E-state index in [1.54, 1.807) is 37.4 Å². The fourth-order valence-electron chi connectivity index (χ4n) is 1.69. The first-order valence-corrected chi connectivity index (χ1v) is 6.08. The van der Waals surface area contributed by atoms with E-state index in [1.165, 1.54) is 12.1 Å². The van der Waals surface area contributed by atoms with E-state index in [0.717, 1.165) is 0 Å². The average molecular weight is 283 g/mol. The zero-order valence-electron chi connectivity index (χ0n) is 11.3. The molecule has 0 fully saturated rings. The minimum absolute atomic E-state index is 0.0947. The maximum Gasteiger partial charge on any atom is 0.323 e. The third kappa shape index (κ3) is 3.42. The number of amides is 2. The molecule has 2 rings (SSSR count). The topological polar surface area (TPSA) is 94.4 Å². The fourth-order valence-corrected chi connectivity index (χ4v) is 1.69. The van der Waals surface area contributed by atoms with E-state index in [-0.39, 0.29) is 17.0 Å². The van der Waals surface area contributed by atoms with Crippen LogP contribution >= 0.6 is 0 Å². The molecule has 0 radical (unpaired) electrons. The molecule has 6 heteroatoms. The van der Waals surface area contributed by atoms with Crippen LogP contribution in [-0.2, 0) is 0 Å². The third-order valence-corrected chi connectivity index (χ3v) is 2.75. The maximum atomic E-state index is 11.8. The van der Waals surface area contributed by atoms with Crippen LogP contribution in [0.2, 0.25) is 0 Å². The normalized spacial score (nSPS) is 9.52. The van der Waals surface area contributed by atoms with Crippen molar-refractivity contribution in [3.05, 3.63) is 48.0 Å². The Balaban J connectivity index is 2.06. The zero-order chi connectivity index (χ0) is 15.2. The fraction of sp³-hybridized carbons (Fsp3) is 0.0667. The number of hydrogen-bond acceptors (Lipinski definition) is 4. The first-order chi connectivity index (χ1) is 10.1. The predicted octanol–water partition coefficient (Wildman–Crippen LogP) is 2.92. The van der Waals surface area contributed by atoms with Crippen molar-refractivity contribution < 1.29 is 14.6 Å². The van der Waals surface area contributed by atoms with Crippen LogP contribution in [-0.4, -0.2) is 18.2 Å². The number of nitrogens with one attached hydrogen (secondary N) is 2. The van der Waals surface area contributed by atoms with Gasteiger partial charge in [0, 0.05) is 5.69 Å². The lowest BCUT2D eigenvalue weighted by Crippen LogP contribution is -2.19. The van der Waals surface area contributed by atoms with Crippen LogP contribution in [0.15, 0.2) is 42.5 Å². The van der Waals surface area contributed by atoms with Gasteiger partial charge in [0.05, 0.1) is 18.4 Å². The van der Waals surface area contributed by atoms with Crippen molar-refractivity contribution in [3.63, 3.8) is 0 Å². The lowest BCUT2D eigenvalue weighted by Gasteiger charge is -2.10. The van der Waals surface area contributed by atoms with Gasteiger partial charge in [0.2, 0.25) is 0 Å². The molecular formula is C15H13N3O3. The molecule has 3 N–H and O–H groups in total. The Morgan fingerprint density at radius 1 is 1.19 bits per heavy atom. The number of aromatic hydroxyl groups is 1. The van der Waals surface area contributed by atoms with Crippen LogP contribution in [0.5, 0.6) is 11.5 Å². The van der Waals surface area contributed by atoms with Crippen molar-refractivity contribution in [2.45, 2.75) is 0 Å². The van der Waals surface area contributed by atoms with Gasteiger partial charge in [-0.15, -0.1) is 0 Å². The second-order valence-corrected chi connectivity index (χ2v) is 4.12. The molecule has 2 amide bonds. The number of urea groups is 1. The second kappa shape index (κ2) is 6.30. The molecule has 0 saturated carbocycles. The number of ether oxygens (including phenoxy) is 1. The van der Waals surface area contributed by atoms with Gasteiger partial charge in [-0.25, -0.2) is 4.79 Å². The van der Waals surface area contributed by atoms with Gasteiger partial charge in [-0.3, -0.25) is 0 Å². The van der Waals surface area contributed by atoms with Gasteiger partial charge in [-0.05, 0) is 36.4 Å². The smallest absolute Gasteiger partial charge is 0.323 e. The Kier molecular flexibility index (Phi) is 4.26. The molecule has 21 heavy (non-hydrogen) atoms. The summed E-state index contributed by atoms with van der Waals surface area (Å²) in [5.74, 6) is 0.421. The molecule has 0 heterocycles. The van der Waals surface area contributed by atoms with Crippen LogP contribution in [0.1, 0.15) is 5.56 Å². The number of carbonyl (C=O) groups excluding carboxylic acids is 1. The summed E-state index contributed by atoms with van der Waals surface area (Å²) in [6.45, 7) is 0. The van der Waals surface area contributed by atoms with Crippen molar-refractivity contribution in [1.82, 2.24) is 0 Å². The Hall–Kier alpha value is -3.20. The molecule has 0 spiro atoms. The lowest BCUT2D eigenvalue weighted by molar-refractivity contribution is 0.262. The van der Waals surface area contributed by atoms with E-state index in [2.05, 4.69) is 10.6 Å². The van der Waals surface area contributed by atoms with Gasteiger partial charge < -0.3 is 20.5 Å². The molecule has 0 unspecified atom stereocenters. The van der Waals surface area contributed by atoms with E-state index in [1.807, 2.05) is 6.07 Å². The number of anilines is 2. The first-order valence-electron chi connectivity index (χ1n) is 6.08. The summed E-state index contributed by atoms with van der Waals surface area (Å²) >= 11 is 0. The van der Waals surface area contributed by atoms with E-state index in [4.69, 9.17) is 10.00 Å². The van der Waals surface area contributed by atoms with Gasteiger partial charge >= 0.3 is 6.03 Å². The summed E-state index contributed by atoms with van der Waals surface area (Å²) in [5.41, 5.74) is 0.835. The van der Waals surface area contributed by atoms with Crippen LogP contribution < -0.4 is 15.4 Å². The number of methoxy groups -OCH3 is 1. The maximum absolute atomic E-state index is 11.8. The summed E-state index contributed by atoms with van der Waals surface area (Å²) < 4.78 is 5.02. The second-order valence-electron chi connectivity index (χ2n) is 4.12. The Bertz CT molecular complexity index is 690. The summed E-state index contributed by atoms with van der Waals surface area (Å²) in [6, 6.07) is 12.6. The van der Waals surface area contributed by atoms with Crippen molar-refractivity contribution in [2.24, 2.45) is 0 Å². The molecule has 6 nitrogen and oxygen atoms in total. The number of hydrogen-bond donors (Lipinski definition) is 3. The van der Waals surface area contributed by atoms with E-state index in [0.29, 0.717) is 11.4 Å². The van der Waals surface area contributed by atoms with Gasteiger partial charge in [0.25, 0.3) is 0 Å². The standard InChI is InChI=1S/C15H13N3O3/c1-21-12-7-5-11(6-8-12)17-15(20)18-13-4-2-3-10(9-16)14(13)19/h2-8,19H,1H3,(H2,17,18,20). The number of phenolic OH excluding ortho intramolecular Hbond substituents is 1. The first kappa shape index (κ1) is 14.2. The van der Waals surface area contributed by atoms with E-state index >= 15 is 0 Å². The van der Waals surface area contributed by atoms with Crippen LogP contribution in [0, 0.1) is 11.3 Å². The monoisotopic (exact) mass is 283 g/mol. The van der Waals surface area contributed by atoms with E-state index in [9.17, 15) is 9.90 Å². The van der Waals surface area contributed by atoms with Crippen molar-refractivity contribution in [2.75, 3.05) is 17.7 Å². The highest BCUT2D eigenvalue weighted by molar-refractivity contribution is 6.00. The van der Waals surface area contributed by atoms with Crippen molar-refractivity contribution in [3.8, 4) is 17.6 Å². The molecule has 0 bridgehead atoms. The van der Waals surface area contributed by atoms with Gasteiger partial charge in [0.1, 0.15) is 11.8 Å². The number of nitriles is 1. The highest BCUT2D eigenvalue weighted by atomic mass is 16.5. The van der Waals surface area contributed by atoms with Gasteiger partial charge in [0.15, 0.2) is 5.75 Å². The molecule has 0 saturated heterocycles. The third-order valence-electron chi connectivity index (χ3n) is 2.75. The number of carbonyl (C=O) groups is 1. The van der Waals surface area contributed by atoms with Crippen LogP contribution in [0.4, 0.5) is 16.2 Å². The summed E-state index contributed by atoms with van der Waals surface area (Å²) in [5, 5.41) is 23.7. The summed E-state index contributed by atoms with van der Waals surface area (Å²) in [7, 11) is 1.56. The average Bonchev–Trinajstić information content (AvgIpc) is 2.50. The number of rotatable bonds is 3. The van der Waals surface area contributed by atoms with Crippen LogP contribution in [0.3, 0.4) is 0 Å². The molecule has 0 aliphatic carbocycles. The molecule has 0 aromatic heterocycles. The number of para-hydroxylation sites is 1. The summed E-state index contributed by atoms with van der Waals surface area (Å²) in [6.07, 6.45) is 0. The lowest BCUT2D eigenvalue weighted by atomic mass is 10.2. The molecule has 0 atom stereocenters. The SMILES string of the molecule is COc1ccc(NC(=O)Nc2cccc(C#N)c2O)cc1. The quantitative estimate of drug-likeness (QED) is 0.755. The highest BCUT2D eigenvalue weighted by Crippen LogP contribution is 2.26. The molecule has 2 aromatic rings. The Morgan fingerprint density at radius 3 is 2.52 bits per heavy atom. The molecule has 106 valence electrons. The largest absolute Gasteiger partial charge is 0.504 e. The molecule has 0 aliphatic heterocycles. The summed E-state index contributed by atoms with van der Waals surface area (Å²) in [4.78, 5) is 11.8. The minimum atomic E-state index is -0.523.